The van der Waals surface area contributed by atoms with Gasteiger partial charge in [-0.3, -0.25) is 0 Å². The molecule has 0 bridgehead atoms. The van der Waals surface area contributed by atoms with Crippen LogP contribution in [0.25, 0.3) is 10.9 Å². The van der Waals surface area contributed by atoms with Gasteiger partial charge in [-0.05, 0) is 50.3 Å². The minimum absolute atomic E-state index is 0.0736. The van der Waals surface area contributed by atoms with E-state index >= 15 is 0 Å². The first-order valence-corrected chi connectivity index (χ1v) is 16.9. The number of aliphatic hydroxyl groups excluding tert-OH is 2. The largest absolute Gasteiger partial charge is 0.396 e. The third-order valence-electron chi connectivity index (χ3n) is 8.60. The number of nitrogens with one attached hydrogen (secondary N) is 1. The zero-order valence-corrected chi connectivity index (χ0v) is 28.6. The Balaban J connectivity index is 0.00000211. The van der Waals surface area contributed by atoms with Crippen LogP contribution in [0.1, 0.15) is 98.6 Å². The van der Waals surface area contributed by atoms with Crippen LogP contribution in [0.3, 0.4) is 0 Å². The Labute approximate surface area is 258 Å². The van der Waals surface area contributed by atoms with Gasteiger partial charge >= 0.3 is 0 Å². The second-order valence-electron chi connectivity index (χ2n) is 11.9. The van der Waals surface area contributed by atoms with E-state index in [0.717, 1.165) is 93.4 Å². The molecule has 242 valence electrons. The standard InChI is InChI=1S/C31H53N5O2.2C2H6/c1-6-8-11-28(23(3)7-2)36(20-31(5,21-37)22-38)29-24(4)30(32)34-27-19-25(12-13-26(27)29)10-9-16-35-17-14-33-15-18-35;2*1-2/h12-13,19,23,28,33,37-38H,6-11,14-18,20-22H2,1-5H3,(H2,32,34);2*1-2H3/t23-,28?;;/m1../s1. The fourth-order valence-corrected chi connectivity index (χ4v) is 5.73. The minimum atomic E-state index is -0.626. The molecular formula is C35H65N5O2. The van der Waals surface area contributed by atoms with E-state index in [0.29, 0.717) is 18.3 Å². The Morgan fingerprint density at radius 1 is 1.07 bits per heavy atom. The Bertz CT molecular complexity index is 1000. The highest BCUT2D eigenvalue weighted by atomic mass is 16.3. The summed E-state index contributed by atoms with van der Waals surface area (Å²) in [6.45, 7) is 24.8. The molecule has 2 aromatic rings. The van der Waals surface area contributed by atoms with Crippen molar-refractivity contribution >= 4 is 22.4 Å². The van der Waals surface area contributed by atoms with Crippen LogP contribution in [0.5, 0.6) is 0 Å². The number of nitrogens with two attached hydrogens (primary N) is 1. The summed E-state index contributed by atoms with van der Waals surface area (Å²) in [5.74, 6) is 1.01. The predicted molar refractivity (Wildman–Crippen MR) is 184 cm³/mol. The molecule has 3 rings (SSSR count). The lowest BCUT2D eigenvalue weighted by atomic mass is 9.86. The maximum atomic E-state index is 10.3. The molecule has 1 unspecified atom stereocenters. The molecule has 1 aliphatic rings. The number of aryl methyl sites for hydroxylation is 1. The van der Waals surface area contributed by atoms with Crippen molar-refractivity contribution in [3.8, 4) is 0 Å². The highest BCUT2D eigenvalue weighted by Crippen LogP contribution is 2.39. The minimum Gasteiger partial charge on any atom is -0.396 e. The molecule has 1 aromatic carbocycles. The van der Waals surface area contributed by atoms with Crippen molar-refractivity contribution in [1.29, 1.82) is 0 Å². The van der Waals surface area contributed by atoms with Gasteiger partial charge < -0.3 is 31.1 Å². The molecule has 1 fully saturated rings. The number of benzene rings is 1. The quantitative estimate of drug-likeness (QED) is 0.191. The van der Waals surface area contributed by atoms with Gasteiger partial charge in [0.2, 0.25) is 0 Å². The van der Waals surface area contributed by atoms with Crippen molar-refractivity contribution < 1.29 is 10.2 Å². The predicted octanol–water partition coefficient (Wildman–Crippen LogP) is 6.42. The number of aromatic nitrogens is 1. The van der Waals surface area contributed by atoms with Crippen LogP contribution in [0.4, 0.5) is 11.5 Å². The number of piperazine rings is 1. The SMILES string of the molecule is CC.CC.CCCCC([C@H](C)CC)N(CC(C)(CO)CO)c1c(C)c(N)nc2cc(CCCN3CCNCC3)ccc12. The van der Waals surface area contributed by atoms with Crippen molar-refractivity contribution in [2.24, 2.45) is 11.3 Å². The second kappa shape index (κ2) is 20.1. The number of aliphatic hydroxyl groups is 2. The Morgan fingerprint density at radius 3 is 2.29 bits per heavy atom. The van der Waals surface area contributed by atoms with Gasteiger partial charge in [-0.2, -0.15) is 0 Å². The van der Waals surface area contributed by atoms with Crippen molar-refractivity contribution in [2.75, 3.05) is 63.1 Å². The van der Waals surface area contributed by atoms with Gasteiger partial charge in [-0.15, -0.1) is 0 Å². The summed E-state index contributed by atoms with van der Waals surface area (Å²) in [5.41, 5.74) is 10.2. The average molecular weight is 588 g/mol. The van der Waals surface area contributed by atoms with Crippen molar-refractivity contribution in [2.45, 2.75) is 107 Å². The van der Waals surface area contributed by atoms with Gasteiger partial charge in [0.25, 0.3) is 0 Å². The van der Waals surface area contributed by atoms with Crippen LogP contribution in [0, 0.1) is 18.3 Å². The van der Waals surface area contributed by atoms with Crippen molar-refractivity contribution in [1.82, 2.24) is 15.2 Å². The number of pyridine rings is 1. The zero-order valence-electron chi connectivity index (χ0n) is 28.6. The first-order valence-electron chi connectivity index (χ1n) is 16.9. The number of rotatable bonds is 15. The van der Waals surface area contributed by atoms with Crippen LogP contribution in [-0.4, -0.2) is 78.6 Å². The summed E-state index contributed by atoms with van der Waals surface area (Å²) in [7, 11) is 0. The van der Waals surface area contributed by atoms with Crippen LogP contribution in [0.15, 0.2) is 18.2 Å². The number of hydrogen-bond acceptors (Lipinski definition) is 7. The van der Waals surface area contributed by atoms with Crippen molar-refractivity contribution in [3.63, 3.8) is 0 Å². The number of nitrogen functional groups attached to an aromatic ring is 1. The Hall–Kier alpha value is -1.93. The smallest absolute Gasteiger partial charge is 0.129 e. The van der Waals surface area contributed by atoms with Crippen LogP contribution in [-0.2, 0) is 6.42 Å². The van der Waals surface area contributed by atoms with E-state index in [4.69, 9.17) is 10.7 Å². The molecule has 7 nitrogen and oxygen atoms in total. The molecule has 1 saturated heterocycles. The molecule has 7 heteroatoms. The molecule has 0 saturated carbocycles. The maximum absolute atomic E-state index is 10.3. The van der Waals surface area contributed by atoms with Gasteiger partial charge in [0.05, 0.1) is 24.4 Å². The number of fused-ring (bicyclic) bond motifs is 1. The van der Waals surface area contributed by atoms with Gasteiger partial charge in [0.15, 0.2) is 0 Å². The first kappa shape index (κ1) is 38.1. The summed E-state index contributed by atoms with van der Waals surface area (Å²) < 4.78 is 0. The second-order valence-corrected chi connectivity index (χ2v) is 11.9. The zero-order chi connectivity index (χ0) is 31.7. The van der Waals surface area contributed by atoms with Gasteiger partial charge in [-0.1, -0.05) is 86.8 Å². The highest BCUT2D eigenvalue weighted by Gasteiger charge is 2.33. The van der Waals surface area contributed by atoms with Gasteiger partial charge in [0.1, 0.15) is 5.82 Å². The third-order valence-corrected chi connectivity index (χ3v) is 8.60. The molecule has 1 aromatic heterocycles. The van der Waals surface area contributed by atoms with E-state index in [2.05, 4.69) is 61.0 Å². The van der Waals surface area contributed by atoms with Gasteiger partial charge in [-0.25, -0.2) is 4.98 Å². The summed E-state index contributed by atoms with van der Waals surface area (Å²) >= 11 is 0. The first-order chi connectivity index (χ1) is 20.3. The molecule has 0 spiro atoms. The molecule has 0 radical (unpaired) electrons. The highest BCUT2D eigenvalue weighted by molar-refractivity contribution is 5.96. The van der Waals surface area contributed by atoms with Crippen LogP contribution >= 0.6 is 0 Å². The molecule has 42 heavy (non-hydrogen) atoms. The summed E-state index contributed by atoms with van der Waals surface area (Å²) in [4.78, 5) is 9.83. The van der Waals surface area contributed by atoms with E-state index in [1.54, 1.807) is 0 Å². The maximum Gasteiger partial charge on any atom is 0.129 e. The molecule has 2 heterocycles. The number of anilines is 2. The monoisotopic (exact) mass is 588 g/mol. The summed E-state index contributed by atoms with van der Waals surface area (Å²) in [5, 5.41) is 25.0. The van der Waals surface area contributed by atoms with E-state index in [-0.39, 0.29) is 19.3 Å². The molecule has 5 N–H and O–H groups in total. The average Bonchev–Trinajstić information content (AvgIpc) is 3.03. The van der Waals surface area contributed by atoms with Crippen molar-refractivity contribution in [3.05, 3.63) is 29.3 Å². The molecule has 1 aliphatic heterocycles. The lowest BCUT2D eigenvalue weighted by molar-refractivity contribution is 0.0723. The fourth-order valence-electron chi connectivity index (χ4n) is 5.73. The van der Waals surface area contributed by atoms with E-state index in [9.17, 15) is 10.2 Å². The van der Waals surface area contributed by atoms with E-state index in [1.807, 2.05) is 34.6 Å². The lowest BCUT2D eigenvalue weighted by Crippen LogP contribution is -2.48. The van der Waals surface area contributed by atoms with E-state index in [1.165, 1.54) is 5.56 Å². The summed E-state index contributed by atoms with van der Waals surface area (Å²) in [6, 6.07) is 6.96. The van der Waals surface area contributed by atoms with E-state index < -0.39 is 5.41 Å². The Kier molecular flexibility index (Phi) is 18.2. The van der Waals surface area contributed by atoms with Gasteiger partial charge in [0, 0.05) is 55.1 Å². The number of hydrogen-bond donors (Lipinski definition) is 4. The lowest BCUT2D eigenvalue weighted by Gasteiger charge is -2.43. The van der Waals surface area contributed by atoms with Crippen LogP contribution in [0.2, 0.25) is 0 Å². The number of nitrogens with zero attached hydrogens (tertiary/aromatic N) is 3. The Morgan fingerprint density at radius 2 is 1.71 bits per heavy atom. The molecular weight excluding hydrogens is 522 g/mol. The molecule has 0 aliphatic carbocycles. The number of unbranched alkanes of at least 4 members (excludes halogenated alkanes) is 1. The molecule has 0 amide bonds. The summed E-state index contributed by atoms with van der Waals surface area (Å²) in [6.07, 6.45) is 6.54. The topological polar surface area (TPSA) is 97.9 Å². The van der Waals surface area contributed by atoms with Crippen LogP contribution < -0.4 is 16.0 Å². The fraction of sp³-hybridized carbons (Fsp3) is 0.743. The normalized spacial score (nSPS) is 15.3. The third kappa shape index (κ3) is 10.7. The molecule has 2 atom stereocenters.